The standard InChI is InChI=1S/C16H15FO4S/c1-2-21-16(20)15(19)13-9-22-8-11(14(13)18)7-10-3-5-12(17)6-4-10/h3-7,13H,2,8-9H2,1H3. The molecule has 1 unspecified atom stereocenters. The lowest BCUT2D eigenvalue weighted by Gasteiger charge is -2.20. The van der Waals surface area contributed by atoms with Gasteiger partial charge in [0, 0.05) is 17.1 Å². The summed E-state index contributed by atoms with van der Waals surface area (Å²) in [6.45, 7) is 1.69. The second kappa shape index (κ2) is 7.35. The predicted octanol–water partition coefficient (Wildman–Crippen LogP) is 2.27. The molecule has 6 heteroatoms. The molecule has 0 aromatic heterocycles. The van der Waals surface area contributed by atoms with Crippen LogP contribution in [0.1, 0.15) is 12.5 Å². The number of ether oxygens (including phenoxy) is 1. The Morgan fingerprint density at radius 3 is 2.68 bits per heavy atom. The Hall–Kier alpha value is -1.95. The fraction of sp³-hybridized carbons (Fsp3) is 0.312. The van der Waals surface area contributed by atoms with E-state index in [1.54, 1.807) is 25.1 Å². The number of hydrogen-bond acceptors (Lipinski definition) is 5. The van der Waals surface area contributed by atoms with Crippen molar-refractivity contribution in [1.82, 2.24) is 0 Å². The van der Waals surface area contributed by atoms with Crippen LogP contribution in [0.3, 0.4) is 0 Å². The topological polar surface area (TPSA) is 60.4 Å². The van der Waals surface area contributed by atoms with Crippen LogP contribution in [0.4, 0.5) is 4.39 Å². The SMILES string of the molecule is CCOC(=O)C(=O)C1CSCC(=Cc2ccc(F)cc2)C1=O. The minimum Gasteiger partial charge on any atom is -0.460 e. The van der Waals surface area contributed by atoms with Gasteiger partial charge in [-0.15, -0.1) is 0 Å². The molecule has 1 aromatic rings. The number of benzene rings is 1. The Bertz CT molecular complexity index is 622. The number of esters is 1. The van der Waals surface area contributed by atoms with Crippen molar-refractivity contribution < 1.29 is 23.5 Å². The molecule has 4 nitrogen and oxygen atoms in total. The molecule has 0 saturated carbocycles. The van der Waals surface area contributed by atoms with Gasteiger partial charge < -0.3 is 4.74 Å². The normalized spacial score (nSPS) is 20.0. The van der Waals surface area contributed by atoms with Gasteiger partial charge in [-0.25, -0.2) is 9.18 Å². The van der Waals surface area contributed by atoms with Gasteiger partial charge in [0.05, 0.1) is 6.61 Å². The molecule has 2 rings (SSSR count). The number of Topliss-reactive ketones (excluding diaryl/α,β-unsaturated/α-hetero) is 2. The van der Waals surface area contributed by atoms with E-state index in [9.17, 15) is 18.8 Å². The molecule has 0 amide bonds. The van der Waals surface area contributed by atoms with E-state index in [2.05, 4.69) is 4.74 Å². The first-order valence-electron chi connectivity index (χ1n) is 6.82. The number of halogens is 1. The molecule has 1 saturated heterocycles. The molecule has 0 radical (unpaired) electrons. The van der Waals surface area contributed by atoms with Crippen LogP contribution in [0, 0.1) is 11.7 Å². The minimum absolute atomic E-state index is 0.0941. The highest BCUT2D eigenvalue weighted by Gasteiger charge is 2.36. The van der Waals surface area contributed by atoms with Gasteiger partial charge in [-0.05, 0) is 30.7 Å². The zero-order valence-corrected chi connectivity index (χ0v) is 12.8. The lowest BCUT2D eigenvalue weighted by Crippen LogP contribution is -2.37. The number of carbonyl (C=O) groups excluding carboxylic acids is 3. The van der Waals surface area contributed by atoms with Crippen molar-refractivity contribution in [2.24, 2.45) is 5.92 Å². The third-order valence-corrected chi connectivity index (χ3v) is 4.26. The summed E-state index contributed by atoms with van der Waals surface area (Å²) in [5, 5.41) is 0. The van der Waals surface area contributed by atoms with E-state index >= 15 is 0 Å². The quantitative estimate of drug-likeness (QED) is 0.368. The van der Waals surface area contributed by atoms with Crippen LogP contribution >= 0.6 is 11.8 Å². The fourth-order valence-electron chi connectivity index (χ4n) is 2.07. The summed E-state index contributed by atoms with van der Waals surface area (Å²) in [6, 6.07) is 5.70. The van der Waals surface area contributed by atoms with E-state index in [1.165, 1.54) is 23.9 Å². The summed E-state index contributed by atoms with van der Waals surface area (Å²) in [5.74, 6) is -2.75. The maximum Gasteiger partial charge on any atom is 0.375 e. The molecule has 0 aliphatic carbocycles. The van der Waals surface area contributed by atoms with Gasteiger partial charge in [-0.3, -0.25) is 9.59 Å². The van der Waals surface area contributed by atoms with Crippen molar-refractivity contribution >= 4 is 35.4 Å². The Balaban J connectivity index is 2.17. The van der Waals surface area contributed by atoms with Crippen molar-refractivity contribution in [2.75, 3.05) is 18.1 Å². The summed E-state index contributed by atoms with van der Waals surface area (Å²) in [4.78, 5) is 35.8. The van der Waals surface area contributed by atoms with E-state index in [1.807, 2.05) is 0 Å². The lowest BCUT2D eigenvalue weighted by molar-refractivity contribution is -0.156. The number of rotatable bonds is 4. The molecular weight excluding hydrogens is 307 g/mol. The van der Waals surface area contributed by atoms with Crippen molar-refractivity contribution in [3.63, 3.8) is 0 Å². The third kappa shape index (κ3) is 3.82. The van der Waals surface area contributed by atoms with E-state index in [0.717, 1.165) is 0 Å². The maximum absolute atomic E-state index is 12.9. The van der Waals surface area contributed by atoms with Gasteiger partial charge in [0.1, 0.15) is 11.7 Å². The summed E-state index contributed by atoms with van der Waals surface area (Å²) >= 11 is 1.41. The molecule has 0 spiro atoms. The molecule has 1 heterocycles. The minimum atomic E-state index is -0.996. The van der Waals surface area contributed by atoms with Gasteiger partial charge in [0.15, 0.2) is 5.78 Å². The van der Waals surface area contributed by atoms with Crippen molar-refractivity contribution in [3.05, 3.63) is 41.2 Å². The number of ketones is 2. The van der Waals surface area contributed by atoms with Crippen LogP contribution in [-0.4, -0.2) is 35.6 Å². The van der Waals surface area contributed by atoms with Gasteiger partial charge in [0.25, 0.3) is 5.78 Å². The fourth-order valence-corrected chi connectivity index (χ4v) is 3.17. The highest BCUT2D eigenvalue weighted by Crippen LogP contribution is 2.26. The van der Waals surface area contributed by atoms with Crippen LogP contribution in [0.2, 0.25) is 0 Å². The highest BCUT2D eigenvalue weighted by atomic mass is 32.2. The first-order valence-corrected chi connectivity index (χ1v) is 7.97. The Kier molecular flexibility index (Phi) is 5.49. The molecule has 0 bridgehead atoms. The second-order valence-electron chi connectivity index (χ2n) is 4.74. The molecule has 1 aromatic carbocycles. The number of hydrogen-bond donors (Lipinski definition) is 0. The first kappa shape index (κ1) is 16.4. The van der Waals surface area contributed by atoms with Crippen molar-refractivity contribution in [3.8, 4) is 0 Å². The van der Waals surface area contributed by atoms with E-state index in [0.29, 0.717) is 16.9 Å². The van der Waals surface area contributed by atoms with Crippen LogP contribution in [-0.2, 0) is 19.1 Å². The number of carbonyl (C=O) groups is 3. The lowest BCUT2D eigenvalue weighted by atomic mass is 9.94. The summed E-state index contributed by atoms with van der Waals surface area (Å²) in [5.41, 5.74) is 1.13. The third-order valence-electron chi connectivity index (χ3n) is 3.18. The van der Waals surface area contributed by atoms with Crippen molar-refractivity contribution in [2.45, 2.75) is 6.92 Å². The zero-order chi connectivity index (χ0) is 16.1. The highest BCUT2D eigenvalue weighted by molar-refractivity contribution is 7.99. The van der Waals surface area contributed by atoms with Crippen LogP contribution in [0.5, 0.6) is 0 Å². The molecule has 1 aliphatic heterocycles. The van der Waals surface area contributed by atoms with Crippen LogP contribution in [0.15, 0.2) is 29.8 Å². The van der Waals surface area contributed by atoms with E-state index in [4.69, 9.17) is 0 Å². The summed E-state index contributed by atoms with van der Waals surface area (Å²) in [7, 11) is 0. The molecular formula is C16H15FO4S. The Morgan fingerprint density at radius 1 is 1.36 bits per heavy atom. The maximum atomic E-state index is 12.9. The van der Waals surface area contributed by atoms with Crippen molar-refractivity contribution in [1.29, 1.82) is 0 Å². The van der Waals surface area contributed by atoms with Gasteiger partial charge in [0.2, 0.25) is 0 Å². The Morgan fingerprint density at radius 2 is 2.05 bits per heavy atom. The molecule has 1 atom stereocenters. The van der Waals surface area contributed by atoms with E-state index < -0.39 is 17.7 Å². The summed E-state index contributed by atoms with van der Waals surface area (Å²) < 4.78 is 17.5. The first-order chi connectivity index (χ1) is 10.5. The largest absolute Gasteiger partial charge is 0.460 e. The average Bonchev–Trinajstić information content (AvgIpc) is 2.51. The van der Waals surface area contributed by atoms with Crippen LogP contribution in [0.25, 0.3) is 6.08 Å². The summed E-state index contributed by atoms with van der Waals surface area (Å²) in [6.07, 6.45) is 1.62. The second-order valence-corrected chi connectivity index (χ2v) is 5.77. The molecule has 0 N–H and O–H groups in total. The van der Waals surface area contributed by atoms with Gasteiger partial charge >= 0.3 is 5.97 Å². The smallest absolute Gasteiger partial charge is 0.375 e. The zero-order valence-electron chi connectivity index (χ0n) is 12.0. The predicted molar refractivity (Wildman–Crippen MR) is 81.8 cm³/mol. The van der Waals surface area contributed by atoms with Gasteiger partial charge in [-0.1, -0.05) is 12.1 Å². The molecule has 116 valence electrons. The monoisotopic (exact) mass is 322 g/mol. The molecule has 22 heavy (non-hydrogen) atoms. The molecule has 1 aliphatic rings. The Labute approximate surface area is 131 Å². The van der Waals surface area contributed by atoms with Crippen LogP contribution < -0.4 is 0 Å². The van der Waals surface area contributed by atoms with Gasteiger partial charge in [-0.2, -0.15) is 11.8 Å². The van der Waals surface area contributed by atoms with E-state index in [-0.39, 0.29) is 24.0 Å². The molecule has 1 fully saturated rings. The number of thioether (sulfide) groups is 1. The average molecular weight is 322 g/mol.